The average Bonchev–Trinajstić information content (AvgIpc) is 3.21. The number of carboxylic acids is 1. The molecule has 0 radical (unpaired) electrons. The number of carbonyl (C=O) groups is 1. The van der Waals surface area contributed by atoms with Gasteiger partial charge < -0.3 is 5.11 Å². The van der Waals surface area contributed by atoms with Gasteiger partial charge in [0.05, 0.1) is 10.6 Å². The van der Waals surface area contributed by atoms with E-state index in [1.165, 1.54) is 0 Å². The van der Waals surface area contributed by atoms with E-state index in [1.807, 2.05) is 0 Å². The maximum atomic E-state index is 13.2. The van der Waals surface area contributed by atoms with Gasteiger partial charge in [-0.25, -0.2) is 8.42 Å². The summed E-state index contributed by atoms with van der Waals surface area (Å²) in [5.41, 5.74) is -3.04. The van der Waals surface area contributed by atoms with Crippen molar-refractivity contribution >= 4 is 27.6 Å². The topological polar surface area (TPSA) is 74.7 Å². The fraction of sp³-hybridized carbons (Fsp3) is 0.500. The highest BCUT2D eigenvalue weighted by Gasteiger charge is 2.68. The number of sulfonamides is 1. The number of nitrogens with zero attached hydrogens (tertiary/aromatic N) is 1. The smallest absolute Gasteiger partial charge is 0.417 e. The second kappa shape index (κ2) is 5.34. The van der Waals surface area contributed by atoms with E-state index in [-0.39, 0.29) is 18.9 Å². The molecule has 0 bridgehead atoms. The Kier molecular flexibility index (Phi) is 3.89. The van der Waals surface area contributed by atoms with E-state index in [2.05, 4.69) is 0 Å². The van der Waals surface area contributed by atoms with E-state index in [0.29, 0.717) is 23.2 Å². The van der Waals surface area contributed by atoms with Gasteiger partial charge in [-0.2, -0.15) is 17.5 Å². The van der Waals surface area contributed by atoms with Crippen molar-refractivity contribution in [2.24, 2.45) is 5.92 Å². The largest absolute Gasteiger partial charge is 0.480 e. The molecule has 1 saturated heterocycles. The van der Waals surface area contributed by atoms with Gasteiger partial charge in [-0.15, -0.1) is 0 Å². The molecule has 2 aliphatic rings. The molecule has 1 aliphatic carbocycles. The third-order valence-electron chi connectivity index (χ3n) is 4.62. The summed E-state index contributed by atoms with van der Waals surface area (Å²) in [6.45, 7) is -0.145. The van der Waals surface area contributed by atoms with Crippen LogP contribution >= 0.6 is 11.6 Å². The van der Waals surface area contributed by atoms with Gasteiger partial charge in [0.15, 0.2) is 0 Å². The Bertz CT molecular complexity index is 811. The van der Waals surface area contributed by atoms with Crippen molar-refractivity contribution in [3.05, 3.63) is 28.8 Å². The maximum Gasteiger partial charge on any atom is 0.417 e. The van der Waals surface area contributed by atoms with Crippen LogP contribution in [0.5, 0.6) is 0 Å². The molecule has 1 N–H and O–H groups in total. The first-order chi connectivity index (χ1) is 11.0. The van der Waals surface area contributed by atoms with Gasteiger partial charge in [-0.1, -0.05) is 17.7 Å². The van der Waals surface area contributed by atoms with Crippen LogP contribution in [-0.4, -0.2) is 35.9 Å². The Morgan fingerprint density at radius 3 is 2.62 bits per heavy atom. The molecule has 1 heterocycles. The number of alkyl halides is 3. The van der Waals surface area contributed by atoms with Crippen LogP contribution in [0.1, 0.15) is 24.8 Å². The molecule has 0 unspecified atom stereocenters. The summed E-state index contributed by atoms with van der Waals surface area (Å²) in [6.07, 6.45) is -3.90. The number of piperidine rings is 1. The van der Waals surface area contributed by atoms with Crippen LogP contribution in [0.2, 0.25) is 5.02 Å². The molecule has 2 fully saturated rings. The first kappa shape index (κ1) is 17.5. The van der Waals surface area contributed by atoms with E-state index in [1.54, 1.807) is 0 Å². The molecule has 10 heteroatoms. The standard InChI is InChI=1S/C14H13ClF3NO4S/c15-10-5-1-4-9(14(16,17)18)11(10)24(22,23)19-6-2-3-8-7-13(8,19)12(20)21/h1,4-5,8H,2-3,6-7H2,(H,20,21)/t8-,13+/m1/s1. The van der Waals surface area contributed by atoms with E-state index >= 15 is 0 Å². The number of benzene rings is 1. The normalized spacial score (nSPS) is 27.6. The van der Waals surface area contributed by atoms with Crippen LogP contribution in [0.4, 0.5) is 13.2 Å². The lowest BCUT2D eigenvalue weighted by Crippen LogP contribution is -2.51. The van der Waals surface area contributed by atoms with E-state index in [4.69, 9.17) is 11.6 Å². The number of carboxylic acid groups (broad SMARTS) is 1. The number of aliphatic carboxylic acids is 1. The van der Waals surface area contributed by atoms with E-state index in [0.717, 1.165) is 12.1 Å². The summed E-state index contributed by atoms with van der Waals surface area (Å²) in [5, 5.41) is 8.88. The minimum Gasteiger partial charge on any atom is -0.480 e. The SMILES string of the molecule is O=C(O)[C@]12C[C@H]1CCCN2S(=O)(=O)c1c(Cl)cccc1C(F)(F)F. The van der Waals surface area contributed by atoms with Gasteiger partial charge in [-0.3, -0.25) is 4.79 Å². The Hall–Kier alpha value is -1.32. The van der Waals surface area contributed by atoms with Gasteiger partial charge in [0, 0.05) is 6.54 Å². The van der Waals surface area contributed by atoms with Crippen molar-refractivity contribution in [3.63, 3.8) is 0 Å². The quantitative estimate of drug-likeness (QED) is 0.870. The van der Waals surface area contributed by atoms with Gasteiger partial charge in [-0.05, 0) is 37.3 Å². The van der Waals surface area contributed by atoms with Crippen molar-refractivity contribution in [1.82, 2.24) is 4.31 Å². The fourth-order valence-corrected chi connectivity index (χ4v) is 6.02. The van der Waals surface area contributed by atoms with Gasteiger partial charge >= 0.3 is 12.1 Å². The van der Waals surface area contributed by atoms with Crippen LogP contribution in [0.15, 0.2) is 23.1 Å². The molecule has 2 atom stereocenters. The summed E-state index contributed by atoms with van der Waals surface area (Å²) < 4.78 is 66.2. The van der Waals surface area contributed by atoms with Crippen molar-refractivity contribution in [3.8, 4) is 0 Å². The third-order valence-corrected chi connectivity index (χ3v) is 7.09. The van der Waals surface area contributed by atoms with Crippen LogP contribution in [-0.2, 0) is 21.0 Å². The molecule has 1 aliphatic heterocycles. The zero-order valence-corrected chi connectivity index (χ0v) is 13.7. The predicted octanol–water partition coefficient (Wildman–Crippen LogP) is 2.99. The lowest BCUT2D eigenvalue weighted by Gasteiger charge is -2.33. The second-order valence-corrected chi connectivity index (χ2v) is 8.17. The Morgan fingerprint density at radius 1 is 1.38 bits per heavy atom. The van der Waals surface area contributed by atoms with Crippen molar-refractivity contribution in [2.45, 2.75) is 35.9 Å². The van der Waals surface area contributed by atoms with Crippen LogP contribution in [0.25, 0.3) is 0 Å². The molecule has 1 aromatic rings. The molecule has 5 nitrogen and oxygen atoms in total. The Labute approximate surface area is 141 Å². The van der Waals surface area contributed by atoms with Gasteiger partial charge in [0.25, 0.3) is 0 Å². The first-order valence-electron chi connectivity index (χ1n) is 7.15. The van der Waals surface area contributed by atoms with Gasteiger partial charge in [0.1, 0.15) is 10.4 Å². The molecule has 3 rings (SSSR count). The molecule has 0 amide bonds. The van der Waals surface area contributed by atoms with E-state index in [9.17, 15) is 31.5 Å². The molecule has 0 aromatic heterocycles. The zero-order chi connectivity index (χ0) is 17.9. The summed E-state index contributed by atoms with van der Waals surface area (Å²) in [4.78, 5) is 10.5. The average molecular weight is 384 g/mol. The molecule has 24 heavy (non-hydrogen) atoms. The number of rotatable bonds is 3. The highest BCUT2D eigenvalue weighted by molar-refractivity contribution is 7.89. The van der Waals surface area contributed by atoms with Gasteiger partial charge in [0.2, 0.25) is 10.0 Å². The summed E-state index contributed by atoms with van der Waals surface area (Å²) >= 11 is 5.77. The first-order valence-corrected chi connectivity index (χ1v) is 8.96. The summed E-state index contributed by atoms with van der Waals surface area (Å²) in [7, 11) is -4.72. The summed E-state index contributed by atoms with van der Waals surface area (Å²) in [6, 6.07) is 2.68. The minimum atomic E-state index is -4.93. The predicted molar refractivity (Wildman–Crippen MR) is 78.1 cm³/mol. The number of halogens is 4. The highest BCUT2D eigenvalue weighted by atomic mass is 35.5. The zero-order valence-electron chi connectivity index (χ0n) is 12.2. The van der Waals surface area contributed by atoms with Crippen molar-refractivity contribution in [1.29, 1.82) is 0 Å². The van der Waals surface area contributed by atoms with Crippen LogP contribution < -0.4 is 0 Å². The monoisotopic (exact) mass is 383 g/mol. The van der Waals surface area contributed by atoms with Crippen molar-refractivity contribution in [2.75, 3.05) is 6.54 Å². The van der Waals surface area contributed by atoms with Crippen LogP contribution in [0, 0.1) is 5.92 Å². The number of hydrogen-bond acceptors (Lipinski definition) is 3. The molecule has 1 saturated carbocycles. The van der Waals surface area contributed by atoms with E-state index < -0.39 is 43.2 Å². The third kappa shape index (κ3) is 2.41. The maximum absolute atomic E-state index is 13.2. The Morgan fingerprint density at radius 2 is 2.04 bits per heavy atom. The molecule has 1 aromatic carbocycles. The molecule has 132 valence electrons. The molecular formula is C14H13ClF3NO4S. The van der Waals surface area contributed by atoms with Crippen LogP contribution in [0.3, 0.4) is 0 Å². The Balaban J connectivity index is 2.18. The summed E-state index contributed by atoms with van der Waals surface area (Å²) in [5.74, 6) is -1.72. The lowest BCUT2D eigenvalue weighted by molar-refractivity contribution is -0.144. The number of hydrogen-bond donors (Lipinski definition) is 1. The molecular weight excluding hydrogens is 371 g/mol. The minimum absolute atomic E-state index is 0.105. The second-order valence-electron chi connectivity index (χ2n) is 5.96. The lowest BCUT2D eigenvalue weighted by atomic mass is 10.1. The highest BCUT2D eigenvalue weighted by Crippen LogP contribution is 2.56. The number of fused-ring (bicyclic) bond motifs is 1. The fourth-order valence-electron chi connectivity index (χ4n) is 3.45. The molecule has 0 spiro atoms. The van der Waals surface area contributed by atoms with Crippen molar-refractivity contribution < 1.29 is 31.5 Å².